The second-order valence-corrected chi connectivity index (χ2v) is 3.14. The maximum atomic E-state index is 8.97. The molecule has 1 heterocycles. The Morgan fingerprint density at radius 3 is 2.67 bits per heavy atom. The molecule has 0 saturated heterocycles. The maximum absolute atomic E-state index is 8.97. The van der Waals surface area contributed by atoms with Gasteiger partial charge in [0, 0.05) is 18.6 Å². The van der Waals surface area contributed by atoms with Crippen molar-refractivity contribution in [1.29, 1.82) is 5.26 Å². The Morgan fingerprint density at radius 2 is 2.25 bits per heavy atom. The molecule has 0 N–H and O–H groups in total. The highest BCUT2D eigenvalue weighted by atomic mass is 14.8. The monoisotopic (exact) mass is 159 g/mol. The lowest BCUT2D eigenvalue weighted by Gasteiger charge is -2.33. The van der Waals surface area contributed by atoms with E-state index < -0.39 is 0 Å². The number of nitriles is 1. The Bertz CT molecular complexity index is 308. The van der Waals surface area contributed by atoms with E-state index in [0.717, 1.165) is 25.0 Å². The van der Waals surface area contributed by atoms with Gasteiger partial charge in [-0.25, -0.2) is 0 Å². The van der Waals surface area contributed by atoms with Crippen molar-refractivity contribution >= 4 is 0 Å². The van der Waals surface area contributed by atoms with Gasteiger partial charge in [0.25, 0.3) is 0 Å². The van der Waals surface area contributed by atoms with Gasteiger partial charge >= 0.3 is 0 Å². The van der Waals surface area contributed by atoms with Gasteiger partial charge in [-0.2, -0.15) is 5.26 Å². The van der Waals surface area contributed by atoms with E-state index in [1.807, 2.05) is 0 Å². The highest BCUT2D eigenvalue weighted by Gasteiger charge is 2.40. The lowest BCUT2D eigenvalue weighted by Crippen LogP contribution is -2.33. The minimum absolute atomic E-state index is 0.311. The van der Waals surface area contributed by atoms with Crippen molar-refractivity contribution in [3.05, 3.63) is 24.3 Å². The van der Waals surface area contributed by atoms with Gasteiger partial charge in [0.05, 0.1) is 11.8 Å². The Balaban J connectivity index is 2.36. The summed E-state index contributed by atoms with van der Waals surface area (Å²) in [6.07, 6.45) is 7.97. The average Bonchev–Trinajstić information content (AvgIpc) is 2.05. The van der Waals surface area contributed by atoms with Crippen LogP contribution < -0.4 is 0 Å². The summed E-state index contributed by atoms with van der Waals surface area (Å²) in [6, 6.07) is 2.33. The molecule has 0 unspecified atom stereocenters. The number of aromatic nitrogens is 2. The van der Waals surface area contributed by atoms with Crippen LogP contribution in [0.15, 0.2) is 18.6 Å². The summed E-state index contributed by atoms with van der Waals surface area (Å²) in [5.41, 5.74) is 0.521. The van der Waals surface area contributed by atoms with Crippen LogP contribution in [0.4, 0.5) is 0 Å². The molecular formula is C9H9N3. The Kier molecular flexibility index (Phi) is 1.54. The molecule has 1 saturated carbocycles. The lowest BCUT2D eigenvalue weighted by atomic mass is 9.68. The van der Waals surface area contributed by atoms with Crippen molar-refractivity contribution in [2.45, 2.75) is 24.7 Å². The van der Waals surface area contributed by atoms with Gasteiger partial charge in [-0.1, -0.05) is 0 Å². The van der Waals surface area contributed by atoms with Gasteiger partial charge in [-0.15, -0.1) is 0 Å². The standard InChI is InChI=1S/C9H9N3/c10-7-9(2-1-3-9)8-6-11-4-5-12-8/h4-6H,1-3H2. The highest BCUT2D eigenvalue weighted by molar-refractivity contribution is 5.27. The van der Waals surface area contributed by atoms with E-state index in [1.165, 1.54) is 0 Å². The number of rotatable bonds is 1. The molecule has 1 fully saturated rings. The van der Waals surface area contributed by atoms with Crippen LogP contribution in [0, 0.1) is 11.3 Å². The van der Waals surface area contributed by atoms with Crippen LogP contribution in [0.25, 0.3) is 0 Å². The van der Waals surface area contributed by atoms with Crippen molar-refractivity contribution in [3.8, 4) is 6.07 Å². The van der Waals surface area contributed by atoms with Gasteiger partial charge in [-0.05, 0) is 19.3 Å². The summed E-state index contributed by atoms with van der Waals surface area (Å²) in [7, 11) is 0. The fraction of sp³-hybridized carbons (Fsp3) is 0.444. The van der Waals surface area contributed by atoms with Gasteiger partial charge in [0.15, 0.2) is 0 Å². The molecule has 3 nitrogen and oxygen atoms in total. The number of hydrogen-bond donors (Lipinski definition) is 0. The molecule has 2 rings (SSSR count). The molecule has 1 aliphatic carbocycles. The zero-order valence-electron chi connectivity index (χ0n) is 6.70. The highest BCUT2D eigenvalue weighted by Crippen LogP contribution is 2.41. The van der Waals surface area contributed by atoms with Crippen molar-refractivity contribution in [3.63, 3.8) is 0 Å². The van der Waals surface area contributed by atoms with Crippen molar-refractivity contribution in [2.24, 2.45) is 0 Å². The lowest BCUT2D eigenvalue weighted by molar-refractivity contribution is 0.315. The molecule has 3 heteroatoms. The molecule has 0 aromatic carbocycles. The van der Waals surface area contributed by atoms with E-state index in [2.05, 4.69) is 16.0 Å². The first-order valence-corrected chi connectivity index (χ1v) is 4.05. The predicted molar refractivity (Wildman–Crippen MR) is 43.2 cm³/mol. The molecule has 60 valence electrons. The predicted octanol–water partition coefficient (Wildman–Crippen LogP) is 1.42. The van der Waals surface area contributed by atoms with Crippen LogP contribution in [-0.4, -0.2) is 9.97 Å². The van der Waals surface area contributed by atoms with Gasteiger partial charge in [0.2, 0.25) is 0 Å². The molecule has 12 heavy (non-hydrogen) atoms. The molecular weight excluding hydrogens is 150 g/mol. The quantitative estimate of drug-likeness (QED) is 0.622. The van der Waals surface area contributed by atoms with E-state index in [-0.39, 0.29) is 5.41 Å². The zero-order chi connectivity index (χ0) is 8.44. The van der Waals surface area contributed by atoms with E-state index in [9.17, 15) is 0 Å². The van der Waals surface area contributed by atoms with Crippen molar-refractivity contribution in [2.75, 3.05) is 0 Å². The zero-order valence-corrected chi connectivity index (χ0v) is 6.70. The Morgan fingerprint density at radius 1 is 1.42 bits per heavy atom. The summed E-state index contributed by atoms with van der Waals surface area (Å²) in [6.45, 7) is 0. The third kappa shape index (κ3) is 0.884. The van der Waals surface area contributed by atoms with E-state index in [4.69, 9.17) is 5.26 Å². The van der Waals surface area contributed by atoms with Crippen molar-refractivity contribution < 1.29 is 0 Å². The minimum Gasteiger partial charge on any atom is -0.261 e. The fourth-order valence-corrected chi connectivity index (χ4v) is 1.50. The first kappa shape index (κ1) is 7.23. The van der Waals surface area contributed by atoms with Crippen LogP contribution in [0.1, 0.15) is 25.0 Å². The summed E-state index contributed by atoms with van der Waals surface area (Å²) < 4.78 is 0. The molecule has 1 aromatic rings. The summed E-state index contributed by atoms with van der Waals surface area (Å²) >= 11 is 0. The smallest absolute Gasteiger partial charge is 0.101 e. The third-order valence-corrected chi connectivity index (χ3v) is 2.47. The topological polar surface area (TPSA) is 49.6 Å². The SMILES string of the molecule is N#CC1(c2cnccn2)CCC1. The van der Waals surface area contributed by atoms with Crippen LogP contribution in [-0.2, 0) is 5.41 Å². The second-order valence-electron chi connectivity index (χ2n) is 3.14. The second kappa shape index (κ2) is 2.56. The van der Waals surface area contributed by atoms with E-state index >= 15 is 0 Å². The average molecular weight is 159 g/mol. The largest absolute Gasteiger partial charge is 0.261 e. The summed E-state index contributed by atoms with van der Waals surface area (Å²) in [5, 5.41) is 8.97. The molecule has 0 aliphatic heterocycles. The normalized spacial score (nSPS) is 19.2. The van der Waals surface area contributed by atoms with E-state index in [1.54, 1.807) is 18.6 Å². The third-order valence-electron chi connectivity index (χ3n) is 2.47. The fourth-order valence-electron chi connectivity index (χ4n) is 1.50. The molecule has 1 aromatic heterocycles. The minimum atomic E-state index is -0.311. The molecule has 0 atom stereocenters. The molecule has 0 spiro atoms. The van der Waals surface area contributed by atoms with Crippen LogP contribution >= 0.6 is 0 Å². The van der Waals surface area contributed by atoms with E-state index in [0.29, 0.717) is 0 Å². The van der Waals surface area contributed by atoms with Gasteiger partial charge in [-0.3, -0.25) is 9.97 Å². The maximum Gasteiger partial charge on any atom is 0.101 e. The molecule has 0 bridgehead atoms. The summed E-state index contributed by atoms with van der Waals surface area (Å²) in [4.78, 5) is 8.13. The molecule has 1 aliphatic rings. The number of nitrogens with zero attached hydrogens (tertiary/aromatic N) is 3. The molecule has 0 amide bonds. The Hall–Kier alpha value is -1.43. The van der Waals surface area contributed by atoms with Crippen LogP contribution in [0.2, 0.25) is 0 Å². The molecule has 0 radical (unpaired) electrons. The first-order chi connectivity index (χ1) is 5.87. The Labute approximate surface area is 71.1 Å². The van der Waals surface area contributed by atoms with Crippen LogP contribution in [0.5, 0.6) is 0 Å². The van der Waals surface area contributed by atoms with Crippen LogP contribution in [0.3, 0.4) is 0 Å². The summed E-state index contributed by atoms with van der Waals surface area (Å²) in [5.74, 6) is 0. The van der Waals surface area contributed by atoms with Gasteiger partial charge in [0.1, 0.15) is 5.41 Å². The first-order valence-electron chi connectivity index (χ1n) is 4.05. The number of hydrogen-bond acceptors (Lipinski definition) is 3. The van der Waals surface area contributed by atoms with Gasteiger partial charge < -0.3 is 0 Å². The van der Waals surface area contributed by atoms with Crippen molar-refractivity contribution in [1.82, 2.24) is 9.97 Å².